The minimum absolute atomic E-state index is 0.0259. The topological polar surface area (TPSA) is 58.9 Å². The van der Waals surface area contributed by atoms with Crippen molar-refractivity contribution in [3.8, 4) is 11.5 Å². The van der Waals surface area contributed by atoms with Crippen molar-refractivity contribution in [2.24, 2.45) is 0 Å². The Morgan fingerprint density at radius 3 is 2.24 bits per heavy atom. The predicted octanol–water partition coefficient (Wildman–Crippen LogP) is 3.73. The molecule has 1 aromatic carbocycles. The molecule has 0 spiro atoms. The maximum Gasteiger partial charge on any atom is 0.196 e. The lowest BCUT2D eigenvalue weighted by Gasteiger charge is -2.14. The Hall–Kier alpha value is -2.36. The summed E-state index contributed by atoms with van der Waals surface area (Å²) in [7, 11) is 0. The zero-order valence-electron chi connectivity index (χ0n) is 12.9. The number of rotatable bonds is 1. The normalized spacial score (nSPS) is 11.3. The first kappa shape index (κ1) is 13.6. The van der Waals surface area contributed by atoms with Crippen LogP contribution in [0.3, 0.4) is 0 Å². The molecule has 1 N–H and O–H groups in total. The predicted molar refractivity (Wildman–Crippen MR) is 83.8 cm³/mol. The van der Waals surface area contributed by atoms with Crippen LogP contribution in [0.5, 0.6) is 0 Å². The molecular weight excluding hydrogens is 264 g/mol. The molecule has 0 bridgehead atoms. The van der Waals surface area contributed by atoms with Gasteiger partial charge in [0, 0.05) is 11.8 Å². The van der Waals surface area contributed by atoms with Gasteiger partial charge in [0.2, 0.25) is 0 Å². The van der Waals surface area contributed by atoms with Gasteiger partial charge in [-0.15, -0.1) is 0 Å². The minimum atomic E-state index is 0.0259. The Kier molecular flexibility index (Phi) is 2.97. The summed E-state index contributed by atoms with van der Waals surface area (Å²) in [5, 5.41) is 0.687. The number of nitrogens with one attached hydrogen (secondary N) is 1. The van der Waals surface area contributed by atoms with Crippen molar-refractivity contribution >= 4 is 11.0 Å². The van der Waals surface area contributed by atoms with Gasteiger partial charge in [0.05, 0.1) is 11.7 Å². The van der Waals surface area contributed by atoms with Crippen molar-refractivity contribution in [1.29, 1.82) is 0 Å². The first-order valence-corrected chi connectivity index (χ1v) is 6.96. The van der Waals surface area contributed by atoms with E-state index in [2.05, 4.69) is 16.9 Å². The number of benzene rings is 1. The van der Waals surface area contributed by atoms with Crippen molar-refractivity contribution in [3.63, 3.8) is 0 Å². The number of hydrogen-bond donors (Lipinski definition) is 1. The van der Waals surface area contributed by atoms with Crippen LogP contribution in [-0.4, -0.2) is 9.97 Å². The molecule has 0 atom stereocenters. The van der Waals surface area contributed by atoms with E-state index in [4.69, 9.17) is 4.42 Å². The molecule has 0 amide bonds. The lowest BCUT2D eigenvalue weighted by Crippen LogP contribution is -2.11. The zero-order valence-corrected chi connectivity index (χ0v) is 12.9. The highest BCUT2D eigenvalue weighted by atomic mass is 16.3. The van der Waals surface area contributed by atoms with Crippen molar-refractivity contribution in [3.05, 3.63) is 50.6 Å². The average molecular weight is 282 g/mol. The lowest BCUT2D eigenvalue weighted by molar-refractivity contribution is 0.608. The Labute approximate surface area is 122 Å². The number of H-pyrrole nitrogens is 1. The number of aromatic amines is 1. The first-order chi connectivity index (χ1) is 9.93. The van der Waals surface area contributed by atoms with Crippen LogP contribution in [0.1, 0.15) is 27.8 Å². The van der Waals surface area contributed by atoms with Gasteiger partial charge in [-0.1, -0.05) is 0 Å². The third-order valence-corrected chi connectivity index (χ3v) is 4.47. The summed E-state index contributed by atoms with van der Waals surface area (Å²) >= 11 is 0. The van der Waals surface area contributed by atoms with E-state index in [0.717, 1.165) is 16.7 Å². The van der Waals surface area contributed by atoms with E-state index in [0.29, 0.717) is 28.0 Å². The molecule has 3 rings (SSSR count). The van der Waals surface area contributed by atoms with E-state index in [1.54, 1.807) is 19.4 Å². The molecule has 21 heavy (non-hydrogen) atoms. The van der Waals surface area contributed by atoms with Crippen LogP contribution in [-0.2, 0) is 0 Å². The fourth-order valence-corrected chi connectivity index (χ4v) is 2.78. The van der Waals surface area contributed by atoms with Gasteiger partial charge in [0.1, 0.15) is 11.3 Å². The van der Waals surface area contributed by atoms with Gasteiger partial charge >= 0.3 is 0 Å². The second kappa shape index (κ2) is 4.58. The van der Waals surface area contributed by atoms with Gasteiger partial charge in [-0.2, -0.15) is 0 Å². The van der Waals surface area contributed by atoms with E-state index in [1.165, 1.54) is 5.56 Å². The third kappa shape index (κ3) is 1.82. The van der Waals surface area contributed by atoms with Crippen molar-refractivity contribution in [2.45, 2.75) is 34.6 Å². The fraction of sp³-hybridized carbons (Fsp3) is 0.294. The summed E-state index contributed by atoms with van der Waals surface area (Å²) in [6.45, 7) is 9.88. The van der Waals surface area contributed by atoms with Crippen LogP contribution in [0.2, 0.25) is 0 Å². The Morgan fingerprint density at radius 2 is 1.62 bits per heavy atom. The molecule has 4 heteroatoms. The van der Waals surface area contributed by atoms with Crippen LogP contribution in [0.25, 0.3) is 22.4 Å². The van der Waals surface area contributed by atoms with Gasteiger partial charge in [0.25, 0.3) is 0 Å². The molecule has 0 aliphatic carbocycles. The summed E-state index contributed by atoms with van der Waals surface area (Å²) in [5.74, 6) is 0.541. The third-order valence-electron chi connectivity index (χ3n) is 4.47. The molecular formula is C17H18N2O2. The smallest absolute Gasteiger partial charge is 0.196 e. The van der Waals surface area contributed by atoms with E-state index >= 15 is 0 Å². The monoisotopic (exact) mass is 282 g/mol. The lowest BCUT2D eigenvalue weighted by atomic mass is 9.94. The van der Waals surface area contributed by atoms with E-state index in [9.17, 15) is 4.79 Å². The van der Waals surface area contributed by atoms with Gasteiger partial charge in [-0.25, -0.2) is 4.98 Å². The summed E-state index contributed by atoms with van der Waals surface area (Å²) in [4.78, 5) is 19.9. The highest BCUT2D eigenvalue weighted by Crippen LogP contribution is 2.31. The average Bonchev–Trinajstić information content (AvgIpc) is 2.99. The summed E-state index contributed by atoms with van der Waals surface area (Å²) in [6, 6.07) is 0. The maximum absolute atomic E-state index is 12.8. The molecule has 2 heterocycles. The minimum Gasteiger partial charge on any atom is -0.454 e. The van der Waals surface area contributed by atoms with E-state index < -0.39 is 0 Å². The van der Waals surface area contributed by atoms with E-state index in [1.807, 2.05) is 20.8 Å². The second-order valence-electron chi connectivity index (χ2n) is 5.54. The molecule has 2 aromatic heterocycles. The number of aryl methyl sites for hydroxylation is 2. The number of imidazole rings is 1. The maximum atomic E-state index is 12.8. The number of aromatic nitrogens is 2. The SMILES string of the molecule is Cc1c(C)c(C)c2c(=O)c(C)c(-c3c[nH]cn3)oc2c1C. The highest BCUT2D eigenvalue weighted by molar-refractivity contribution is 5.87. The standard InChI is InChI=1S/C17H18N2O2/c1-8-9(2)11(4)17-14(10(8)3)15(20)12(5)16(21-17)13-6-18-7-19-13/h6-7H,1-5H3,(H,18,19). The van der Waals surface area contributed by atoms with Crippen molar-refractivity contribution in [1.82, 2.24) is 9.97 Å². The Bertz CT molecular complexity index is 903. The van der Waals surface area contributed by atoms with E-state index in [-0.39, 0.29) is 5.43 Å². The molecule has 0 fully saturated rings. The first-order valence-electron chi connectivity index (χ1n) is 6.96. The van der Waals surface area contributed by atoms with Crippen LogP contribution in [0, 0.1) is 34.6 Å². The summed E-state index contributed by atoms with van der Waals surface area (Å²) < 4.78 is 6.08. The molecule has 0 aliphatic heterocycles. The molecule has 0 saturated heterocycles. The Balaban J connectivity index is 2.54. The van der Waals surface area contributed by atoms with Gasteiger partial charge < -0.3 is 9.40 Å². The number of hydrogen-bond acceptors (Lipinski definition) is 3. The van der Waals surface area contributed by atoms with Gasteiger partial charge in [0.15, 0.2) is 11.2 Å². The van der Waals surface area contributed by atoms with Crippen molar-refractivity contribution < 1.29 is 4.42 Å². The molecule has 0 saturated carbocycles. The summed E-state index contributed by atoms with van der Waals surface area (Å²) in [6.07, 6.45) is 3.32. The van der Waals surface area contributed by atoms with Crippen LogP contribution < -0.4 is 5.43 Å². The largest absolute Gasteiger partial charge is 0.454 e. The molecule has 0 unspecified atom stereocenters. The van der Waals surface area contributed by atoms with Crippen molar-refractivity contribution in [2.75, 3.05) is 0 Å². The molecule has 0 radical (unpaired) electrons. The second-order valence-corrected chi connectivity index (χ2v) is 5.54. The molecule has 4 nitrogen and oxygen atoms in total. The van der Waals surface area contributed by atoms with Crippen LogP contribution >= 0.6 is 0 Å². The van der Waals surface area contributed by atoms with Crippen LogP contribution in [0.15, 0.2) is 21.7 Å². The van der Waals surface area contributed by atoms with Gasteiger partial charge in [-0.05, 0) is 56.9 Å². The number of fused-ring (bicyclic) bond motifs is 1. The fourth-order valence-electron chi connectivity index (χ4n) is 2.78. The summed E-state index contributed by atoms with van der Waals surface area (Å²) in [5.41, 5.74) is 6.28. The number of nitrogens with zero attached hydrogens (tertiary/aromatic N) is 1. The van der Waals surface area contributed by atoms with Crippen LogP contribution in [0.4, 0.5) is 0 Å². The molecule has 108 valence electrons. The highest BCUT2D eigenvalue weighted by Gasteiger charge is 2.19. The molecule has 3 aromatic rings. The zero-order chi connectivity index (χ0) is 15.3. The molecule has 0 aliphatic rings. The Morgan fingerprint density at radius 1 is 0.952 bits per heavy atom. The quantitative estimate of drug-likeness (QED) is 0.740. The van der Waals surface area contributed by atoms with Gasteiger partial charge in [-0.3, -0.25) is 4.79 Å².